The zero-order valence-electron chi connectivity index (χ0n) is 14.6. The van der Waals surface area contributed by atoms with Gasteiger partial charge in [-0.2, -0.15) is 5.26 Å². The minimum atomic E-state index is -0.302. The Morgan fingerprint density at radius 2 is 2.00 bits per heavy atom. The van der Waals surface area contributed by atoms with Gasteiger partial charge in [0.05, 0.1) is 12.0 Å². The SMILES string of the molecule is CC1CCC(OC(=O)CCC(=O)Nc2sc3c(c2C#N)CCC3)CC1. The fourth-order valence-electron chi connectivity index (χ4n) is 3.61. The van der Waals surface area contributed by atoms with E-state index in [1.807, 2.05) is 0 Å². The quantitative estimate of drug-likeness (QED) is 0.806. The Balaban J connectivity index is 1.45. The van der Waals surface area contributed by atoms with E-state index in [4.69, 9.17) is 4.74 Å². The van der Waals surface area contributed by atoms with Crippen molar-refractivity contribution in [3.8, 4) is 6.07 Å². The molecule has 0 radical (unpaired) electrons. The van der Waals surface area contributed by atoms with Crippen molar-refractivity contribution in [2.75, 3.05) is 5.32 Å². The molecule has 0 atom stereocenters. The van der Waals surface area contributed by atoms with Gasteiger partial charge in [-0.05, 0) is 56.4 Å². The lowest BCUT2D eigenvalue weighted by Gasteiger charge is -2.25. The van der Waals surface area contributed by atoms with Crippen LogP contribution in [-0.4, -0.2) is 18.0 Å². The van der Waals surface area contributed by atoms with Gasteiger partial charge in [-0.15, -0.1) is 11.3 Å². The van der Waals surface area contributed by atoms with Crippen LogP contribution in [0.2, 0.25) is 0 Å². The predicted molar refractivity (Wildman–Crippen MR) is 96.4 cm³/mol. The summed E-state index contributed by atoms with van der Waals surface area (Å²) in [6, 6.07) is 2.21. The number of rotatable bonds is 5. The first-order valence-electron chi connectivity index (χ1n) is 9.10. The van der Waals surface area contributed by atoms with Crippen LogP contribution in [0.3, 0.4) is 0 Å². The molecule has 1 N–H and O–H groups in total. The molecule has 1 heterocycles. The van der Waals surface area contributed by atoms with Gasteiger partial charge in [-0.3, -0.25) is 9.59 Å². The summed E-state index contributed by atoms with van der Waals surface area (Å²) < 4.78 is 5.47. The van der Waals surface area contributed by atoms with Crippen molar-refractivity contribution >= 4 is 28.2 Å². The fraction of sp³-hybridized carbons (Fsp3) is 0.632. The van der Waals surface area contributed by atoms with Crippen molar-refractivity contribution in [3.05, 3.63) is 16.0 Å². The van der Waals surface area contributed by atoms with E-state index in [1.54, 1.807) is 0 Å². The lowest BCUT2D eigenvalue weighted by atomic mass is 9.89. The van der Waals surface area contributed by atoms with E-state index in [1.165, 1.54) is 16.2 Å². The molecule has 1 fully saturated rings. The molecule has 2 aliphatic carbocycles. The number of anilines is 1. The molecular formula is C19H24N2O3S. The zero-order valence-corrected chi connectivity index (χ0v) is 15.4. The molecule has 5 nitrogen and oxygen atoms in total. The molecule has 0 aliphatic heterocycles. The van der Waals surface area contributed by atoms with Gasteiger partial charge >= 0.3 is 5.97 Å². The first kappa shape index (κ1) is 17.9. The van der Waals surface area contributed by atoms with Crippen LogP contribution >= 0.6 is 11.3 Å². The second kappa shape index (κ2) is 8.01. The summed E-state index contributed by atoms with van der Waals surface area (Å²) in [5.41, 5.74) is 1.69. The number of nitriles is 1. The van der Waals surface area contributed by atoms with Gasteiger partial charge in [0.2, 0.25) is 5.91 Å². The summed E-state index contributed by atoms with van der Waals surface area (Å²) in [5, 5.41) is 12.8. The van der Waals surface area contributed by atoms with Crippen LogP contribution in [0.25, 0.3) is 0 Å². The Morgan fingerprint density at radius 1 is 1.24 bits per heavy atom. The third kappa shape index (κ3) is 4.40. The Morgan fingerprint density at radius 3 is 2.72 bits per heavy atom. The molecule has 0 unspecified atom stereocenters. The van der Waals surface area contributed by atoms with Crippen LogP contribution in [-0.2, 0) is 27.2 Å². The third-order valence-corrected chi connectivity index (χ3v) is 6.31. The van der Waals surface area contributed by atoms with Gasteiger partial charge in [-0.25, -0.2) is 0 Å². The Labute approximate surface area is 152 Å². The second-order valence-electron chi connectivity index (χ2n) is 7.09. The van der Waals surface area contributed by atoms with E-state index in [-0.39, 0.29) is 30.8 Å². The molecule has 0 spiro atoms. The number of aryl methyl sites for hydroxylation is 1. The summed E-state index contributed by atoms with van der Waals surface area (Å²) >= 11 is 1.49. The first-order valence-corrected chi connectivity index (χ1v) is 9.92. The number of hydrogen-bond donors (Lipinski definition) is 1. The Hall–Kier alpha value is -1.87. The zero-order chi connectivity index (χ0) is 17.8. The highest BCUT2D eigenvalue weighted by Gasteiger charge is 2.24. The second-order valence-corrected chi connectivity index (χ2v) is 8.20. The van der Waals surface area contributed by atoms with Crippen molar-refractivity contribution in [2.24, 2.45) is 5.92 Å². The third-order valence-electron chi connectivity index (χ3n) is 5.10. The predicted octanol–water partition coefficient (Wildman–Crippen LogP) is 3.95. The lowest BCUT2D eigenvalue weighted by molar-refractivity contribution is -0.151. The normalized spacial score (nSPS) is 22.1. The van der Waals surface area contributed by atoms with Crippen molar-refractivity contribution < 1.29 is 14.3 Å². The Bertz CT molecular complexity index is 696. The maximum absolute atomic E-state index is 12.1. The number of thiophene rings is 1. The van der Waals surface area contributed by atoms with Crippen LogP contribution in [0.15, 0.2) is 0 Å². The minimum absolute atomic E-state index is 0.0113. The van der Waals surface area contributed by atoms with Gasteiger partial charge in [0.1, 0.15) is 17.2 Å². The number of amides is 1. The molecule has 25 heavy (non-hydrogen) atoms. The topological polar surface area (TPSA) is 79.2 Å². The smallest absolute Gasteiger partial charge is 0.306 e. The summed E-state index contributed by atoms with van der Waals surface area (Å²) in [7, 11) is 0. The average molecular weight is 360 g/mol. The van der Waals surface area contributed by atoms with Crippen LogP contribution < -0.4 is 5.32 Å². The summed E-state index contributed by atoms with van der Waals surface area (Å²) in [5.74, 6) is 0.178. The number of nitrogens with zero attached hydrogens (tertiary/aromatic N) is 1. The number of nitrogens with one attached hydrogen (secondary N) is 1. The maximum atomic E-state index is 12.1. The van der Waals surface area contributed by atoms with E-state index in [2.05, 4.69) is 18.3 Å². The molecule has 134 valence electrons. The van der Waals surface area contributed by atoms with Crippen molar-refractivity contribution in [1.82, 2.24) is 0 Å². The van der Waals surface area contributed by atoms with Gasteiger partial charge in [0, 0.05) is 11.3 Å². The van der Waals surface area contributed by atoms with Crippen LogP contribution in [0.4, 0.5) is 5.00 Å². The summed E-state index contributed by atoms with van der Waals surface area (Å²) in [4.78, 5) is 25.3. The molecule has 3 rings (SSSR count). The maximum Gasteiger partial charge on any atom is 0.306 e. The van der Waals surface area contributed by atoms with Crippen molar-refractivity contribution in [3.63, 3.8) is 0 Å². The fourth-order valence-corrected chi connectivity index (χ4v) is 4.86. The molecule has 1 aromatic heterocycles. The molecular weight excluding hydrogens is 336 g/mol. The molecule has 2 aliphatic rings. The molecule has 0 saturated heterocycles. The van der Waals surface area contributed by atoms with E-state index < -0.39 is 0 Å². The molecule has 1 aromatic rings. The minimum Gasteiger partial charge on any atom is -0.462 e. The number of carbonyl (C=O) groups is 2. The molecule has 1 saturated carbocycles. The first-order chi connectivity index (χ1) is 12.1. The monoisotopic (exact) mass is 360 g/mol. The number of fused-ring (bicyclic) bond motifs is 1. The standard InChI is InChI=1S/C19H24N2O3S/c1-12-5-7-13(8-6-12)24-18(23)10-9-17(22)21-19-15(11-20)14-3-2-4-16(14)25-19/h12-13H,2-10H2,1H3,(H,21,22). The van der Waals surface area contributed by atoms with E-state index in [0.717, 1.165) is 50.5 Å². The van der Waals surface area contributed by atoms with E-state index in [9.17, 15) is 14.9 Å². The van der Waals surface area contributed by atoms with Crippen molar-refractivity contribution in [1.29, 1.82) is 5.26 Å². The van der Waals surface area contributed by atoms with E-state index in [0.29, 0.717) is 16.5 Å². The number of esters is 1. The number of ether oxygens (including phenoxy) is 1. The molecule has 0 aromatic carbocycles. The number of hydrogen-bond acceptors (Lipinski definition) is 5. The van der Waals surface area contributed by atoms with Crippen LogP contribution in [0.1, 0.15) is 67.9 Å². The van der Waals surface area contributed by atoms with Gasteiger partial charge in [0.15, 0.2) is 0 Å². The highest BCUT2D eigenvalue weighted by atomic mass is 32.1. The van der Waals surface area contributed by atoms with Gasteiger partial charge in [0.25, 0.3) is 0 Å². The molecule has 0 bridgehead atoms. The Kier molecular flexibility index (Phi) is 5.74. The summed E-state index contributed by atoms with van der Waals surface area (Å²) in [6.07, 6.45) is 7.20. The molecule has 1 amide bonds. The van der Waals surface area contributed by atoms with Crippen LogP contribution in [0.5, 0.6) is 0 Å². The summed E-state index contributed by atoms with van der Waals surface area (Å²) in [6.45, 7) is 2.22. The van der Waals surface area contributed by atoms with E-state index >= 15 is 0 Å². The highest BCUT2D eigenvalue weighted by molar-refractivity contribution is 7.16. The number of carbonyl (C=O) groups excluding carboxylic acids is 2. The van der Waals surface area contributed by atoms with Gasteiger partial charge < -0.3 is 10.1 Å². The van der Waals surface area contributed by atoms with Crippen molar-refractivity contribution in [2.45, 2.75) is 70.8 Å². The van der Waals surface area contributed by atoms with Crippen LogP contribution in [0, 0.1) is 17.2 Å². The van der Waals surface area contributed by atoms with Gasteiger partial charge in [-0.1, -0.05) is 6.92 Å². The lowest BCUT2D eigenvalue weighted by Crippen LogP contribution is -2.24. The average Bonchev–Trinajstić information content (AvgIpc) is 3.15. The largest absolute Gasteiger partial charge is 0.462 e. The highest BCUT2D eigenvalue weighted by Crippen LogP contribution is 2.38. The molecule has 6 heteroatoms.